The van der Waals surface area contributed by atoms with Crippen molar-refractivity contribution in [3.8, 4) is 10.6 Å². The van der Waals surface area contributed by atoms with E-state index >= 15 is 0 Å². The second kappa shape index (κ2) is 5.55. The molecule has 0 aliphatic rings. The number of fused-ring (bicyclic) bond motifs is 1. The van der Waals surface area contributed by atoms with Gasteiger partial charge in [-0.1, -0.05) is 30.3 Å². The molecule has 0 atom stereocenters. The molecular formula is C15H16N2OS. The summed E-state index contributed by atoms with van der Waals surface area (Å²) in [4.78, 5) is 1.15. The first-order chi connectivity index (χ1) is 9.38. The van der Waals surface area contributed by atoms with E-state index in [2.05, 4.69) is 47.7 Å². The van der Waals surface area contributed by atoms with E-state index in [-0.39, 0.29) is 0 Å². The van der Waals surface area contributed by atoms with E-state index in [0.29, 0.717) is 0 Å². The average molecular weight is 272 g/mol. The Morgan fingerprint density at radius 2 is 2.21 bits per heavy atom. The van der Waals surface area contributed by atoms with Crippen LogP contribution in [0.4, 0.5) is 0 Å². The Bertz CT molecular complexity index is 638. The molecule has 3 nitrogen and oxygen atoms in total. The van der Waals surface area contributed by atoms with Crippen LogP contribution in [0.5, 0.6) is 0 Å². The number of hydrogen-bond acceptors (Lipinski definition) is 4. The van der Waals surface area contributed by atoms with Gasteiger partial charge in [-0.3, -0.25) is 0 Å². The van der Waals surface area contributed by atoms with E-state index in [1.54, 1.807) is 11.3 Å². The molecule has 1 aromatic carbocycles. The fourth-order valence-corrected chi connectivity index (χ4v) is 3.16. The molecule has 0 radical (unpaired) electrons. The van der Waals surface area contributed by atoms with Crippen molar-refractivity contribution in [3.63, 3.8) is 0 Å². The zero-order valence-corrected chi connectivity index (χ0v) is 11.7. The molecule has 0 amide bonds. The Labute approximate surface area is 116 Å². The van der Waals surface area contributed by atoms with Crippen LogP contribution in [0.1, 0.15) is 18.9 Å². The first kappa shape index (κ1) is 12.4. The summed E-state index contributed by atoms with van der Waals surface area (Å²) < 4.78 is 6.71. The molecule has 0 bridgehead atoms. The summed E-state index contributed by atoms with van der Waals surface area (Å²) in [6.45, 7) is 3.98. The highest BCUT2D eigenvalue weighted by atomic mass is 32.1. The maximum absolute atomic E-state index is 5.43. The smallest absolute Gasteiger partial charge is 0.181 e. The standard InChI is InChI=1S/C15H16N2OS/c1-2-7-16-9-12-10-17-18-15(12)14-8-11-5-3-4-6-13(11)19-14/h3-6,8,10,16H,2,7,9H2,1H3. The molecule has 0 unspecified atom stereocenters. The van der Waals surface area contributed by atoms with Gasteiger partial charge in [-0.15, -0.1) is 11.3 Å². The molecule has 1 N–H and O–H groups in total. The second-order valence-corrected chi connectivity index (χ2v) is 5.59. The summed E-state index contributed by atoms with van der Waals surface area (Å²) in [7, 11) is 0. The van der Waals surface area contributed by atoms with Crippen LogP contribution in [0.2, 0.25) is 0 Å². The van der Waals surface area contributed by atoms with Crippen molar-refractivity contribution in [2.75, 3.05) is 6.54 Å². The van der Waals surface area contributed by atoms with Crippen LogP contribution in [0, 0.1) is 0 Å². The fraction of sp³-hybridized carbons (Fsp3) is 0.267. The molecule has 2 aromatic heterocycles. The quantitative estimate of drug-likeness (QED) is 0.712. The third-order valence-electron chi connectivity index (χ3n) is 3.04. The van der Waals surface area contributed by atoms with Crippen LogP contribution < -0.4 is 5.32 Å². The van der Waals surface area contributed by atoms with Crippen LogP contribution in [0.25, 0.3) is 20.7 Å². The van der Waals surface area contributed by atoms with Crippen molar-refractivity contribution >= 4 is 21.4 Å². The van der Waals surface area contributed by atoms with Crippen molar-refractivity contribution in [1.29, 1.82) is 0 Å². The summed E-state index contributed by atoms with van der Waals surface area (Å²) in [5.41, 5.74) is 1.13. The van der Waals surface area contributed by atoms with Crippen molar-refractivity contribution < 1.29 is 4.52 Å². The predicted octanol–water partition coefficient (Wildman–Crippen LogP) is 4.06. The van der Waals surface area contributed by atoms with Gasteiger partial charge in [-0.25, -0.2) is 0 Å². The van der Waals surface area contributed by atoms with E-state index in [1.165, 1.54) is 10.1 Å². The maximum Gasteiger partial charge on any atom is 0.181 e. The molecule has 3 rings (SSSR count). The highest BCUT2D eigenvalue weighted by molar-refractivity contribution is 7.22. The molecule has 0 spiro atoms. The highest BCUT2D eigenvalue weighted by Crippen LogP contribution is 2.34. The zero-order valence-electron chi connectivity index (χ0n) is 10.8. The lowest BCUT2D eigenvalue weighted by Gasteiger charge is -2.00. The lowest BCUT2D eigenvalue weighted by Crippen LogP contribution is -2.13. The average Bonchev–Trinajstić information content (AvgIpc) is 3.04. The Balaban J connectivity index is 1.91. The van der Waals surface area contributed by atoms with E-state index in [1.807, 2.05) is 6.20 Å². The summed E-state index contributed by atoms with van der Waals surface area (Å²) in [5, 5.41) is 8.58. The van der Waals surface area contributed by atoms with Crippen LogP contribution in [0.3, 0.4) is 0 Å². The van der Waals surface area contributed by atoms with E-state index in [9.17, 15) is 0 Å². The van der Waals surface area contributed by atoms with Crippen molar-refractivity contribution in [3.05, 3.63) is 42.1 Å². The van der Waals surface area contributed by atoms with Gasteiger partial charge in [-0.05, 0) is 30.5 Å². The van der Waals surface area contributed by atoms with Gasteiger partial charge in [0.15, 0.2) is 5.76 Å². The number of benzene rings is 1. The van der Waals surface area contributed by atoms with Crippen LogP contribution >= 0.6 is 11.3 Å². The Kier molecular flexibility index (Phi) is 3.62. The number of aromatic nitrogens is 1. The third-order valence-corrected chi connectivity index (χ3v) is 4.15. The Morgan fingerprint density at radius 3 is 3.05 bits per heavy atom. The molecular weight excluding hydrogens is 256 g/mol. The van der Waals surface area contributed by atoms with Gasteiger partial charge in [0.25, 0.3) is 0 Å². The Hall–Kier alpha value is -1.65. The van der Waals surface area contributed by atoms with Gasteiger partial charge < -0.3 is 9.84 Å². The molecule has 0 aliphatic carbocycles. The number of nitrogens with zero attached hydrogens (tertiary/aromatic N) is 1. The van der Waals surface area contributed by atoms with E-state index in [4.69, 9.17) is 4.52 Å². The summed E-state index contributed by atoms with van der Waals surface area (Å²) in [6.07, 6.45) is 2.94. The second-order valence-electron chi connectivity index (χ2n) is 4.51. The summed E-state index contributed by atoms with van der Waals surface area (Å²) in [5.74, 6) is 0.893. The number of rotatable bonds is 5. The minimum Gasteiger partial charge on any atom is -0.355 e. The topological polar surface area (TPSA) is 38.1 Å². The van der Waals surface area contributed by atoms with Gasteiger partial charge in [0.2, 0.25) is 0 Å². The molecule has 0 aliphatic heterocycles. The molecule has 19 heavy (non-hydrogen) atoms. The van der Waals surface area contributed by atoms with Gasteiger partial charge in [0.1, 0.15) is 0 Å². The van der Waals surface area contributed by atoms with Crippen molar-refractivity contribution in [1.82, 2.24) is 10.5 Å². The number of hydrogen-bond donors (Lipinski definition) is 1. The molecule has 2 heterocycles. The monoisotopic (exact) mass is 272 g/mol. The van der Waals surface area contributed by atoms with Crippen molar-refractivity contribution in [2.45, 2.75) is 19.9 Å². The molecule has 0 fully saturated rings. The normalized spacial score (nSPS) is 11.2. The lowest BCUT2D eigenvalue weighted by atomic mass is 10.2. The highest BCUT2D eigenvalue weighted by Gasteiger charge is 2.13. The SMILES string of the molecule is CCCNCc1cnoc1-c1cc2ccccc2s1. The third kappa shape index (κ3) is 2.55. The van der Waals surface area contributed by atoms with Crippen LogP contribution in [0.15, 0.2) is 41.1 Å². The first-order valence-electron chi connectivity index (χ1n) is 6.51. The Morgan fingerprint density at radius 1 is 1.32 bits per heavy atom. The largest absolute Gasteiger partial charge is 0.355 e. The number of nitrogens with one attached hydrogen (secondary N) is 1. The zero-order chi connectivity index (χ0) is 13.1. The van der Waals surface area contributed by atoms with Gasteiger partial charge in [0.05, 0.1) is 11.1 Å². The van der Waals surface area contributed by atoms with E-state index < -0.39 is 0 Å². The fourth-order valence-electron chi connectivity index (χ4n) is 2.08. The molecule has 98 valence electrons. The number of thiophene rings is 1. The molecule has 0 saturated carbocycles. The van der Waals surface area contributed by atoms with Gasteiger partial charge in [-0.2, -0.15) is 0 Å². The summed E-state index contributed by atoms with van der Waals surface area (Å²) >= 11 is 1.75. The molecule has 3 aromatic rings. The van der Waals surface area contributed by atoms with Crippen molar-refractivity contribution in [2.24, 2.45) is 0 Å². The lowest BCUT2D eigenvalue weighted by molar-refractivity contribution is 0.432. The first-order valence-corrected chi connectivity index (χ1v) is 7.33. The maximum atomic E-state index is 5.43. The van der Waals surface area contributed by atoms with Gasteiger partial charge in [0, 0.05) is 16.8 Å². The molecule has 4 heteroatoms. The van der Waals surface area contributed by atoms with Crippen LogP contribution in [-0.4, -0.2) is 11.7 Å². The van der Waals surface area contributed by atoms with E-state index in [0.717, 1.165) is 35.7 Å². The minimum atomic E-state index is 0.806. The molecule has 0 saturated heterocycles. The minimum absolute atomic E-state index is 0.806. The van der Waals surface area contributed by atoms with Gasteiger partial charge >= 0.3 is 0 Å². The van der Waals surface area contributed by atoms with Crippen LogP contribution in [-0.2, 0) is 6.54 Å². The predicted molar refractivity (Wildman–Crippen MR) is 79.3 cm³/mol. The summed E-state index contributed by atoms with van der Waals surface area (Å²) in [6, 6.07) is 10.6.